The fourth-order valence-corrected chi connectivity index (χ4v) is 3.64. The average molecular weight is 303 g/mol. The number of allylic oxidation sites excluding steroid dienone is 1. The van der Waals surface area contributed by atoms with Crippen molar-refractivity contribution in [3.8, 4) is 5.88 Å². The summed E-state index contributed by atoms with van der Waals surface area (Å²) in [5.41, 5.74) is 2.58. The van der Waals surface area contributed by atoms with Gasteiger partial charge in [0.15, 0.2) is 3.95 Å². The molecule has 102 valence electrons. The topological polar surface area (TPSA) is 50.4 Å². The van der Waals surface area contributed by atoms with E-state index in [1.807, 2.05) is 32.1 Å². The van der Waals surface area contributed by atoms with Crippen molar-refractivity contribution in [3.05, 3.63) is 32.9 Å². The van der Waals surface area contributed by atoms with Crippen LogP contribution >= 0.6 is 23.6 Å². The third-order valence-electron chi connectivity index (χ3n) is 3.05. The number of hydrogen-bond donors (Lipinski definition) is 1. The summed E-state index contributed by atoms with van der Waals surface area (Å²) in [7, 11) is 0. The number of fused-ring (bicyclic) bond motifs is 1. The van der Waals surface area contributed by atoms with Crippen LogP contribution in [0, 0.1) is 3.95 Å². The highest BCUT2D eigenvalue weighted by molar-refractivity contribution is 7.73. The first-order chi connectivity index (χ1) is 9.58. The molecule has 0 saturated heterocycles. The number of rotatable bonds is 2. The van der Waals surface area contributed by atoms with Crippen LogP contribution in [0.25, 0.3) is 11.6 Å². The maximum atomic E-state index is 10.3. The van der Waals surface area contributed by atoms with E-state index in [2.05, 4.69) is 9.98 Å². The lowest BCUT2D eigenvalue weighted by atomic mass is 10.2. The lowest BCUT2D eigenvalue weighted by Gasteiger charge is -2.07. The maximum Gasteiger partial charge on any atom is 0.210 e. The first kappa shape index (κ1) is 13.2. The van der Waals surface area contributed by atoms with E-state index in [4.69, 9.17) is 12.2 Å². The van der Waals surface area contributed by atoms with Crippen LogP contribution in [0.2, 0.25) is 0 Å². The van der Waals surface area contributed by atoms with Gasteiger partial charge < -0.3 is 5.11 Å². The molecule has 1 aliphatic heterocycles. The smallest absolute Gasteiger partial charge is 0.210 e. The molecule has 1 N–H and O–H groups in total. The monoisotopic (exact) mass is 303 g/mol. The summed E-state index contributed by atoms with van der Waals surface area (Å²) in [5.74, 6) is 0.209. The zero-order valence-electron chi connectivity index (χ0n) is 11.1. The van der Waals surface area contributed by atoms with E-state index in [0.29, 0.717) is 3.95 Å². The molecular weight excluding hydrogens is 290 g/mol. The number of nitrogens with zero attached hydrogens (tertiary/aromatic N) is 3. The standard InChI is InChI=1S/C14H13N3OS2/c1-8(2)17-13(18)11(20-14(17)19)6-9-7-16-10-4-3-5-15-12(9)10/h3-8,18H,1-2H3/b9-6+. The van der Waals surface area contributed by atoms with E-state index in [1.165, 1.54) is 11.3 Å². The summed E-state index contributed by atoms with van der Waals surface area (Å²) in [6, 6.07) is 3.91. The summed E-state index contributed by atoms with van der Waals surface area (Å²) in [5, 5.41) is 10.3. The predicted octanol–water partition coefficient (Wildman–Crippen LogP) is 4.22. The maximum absolute atomic E-state index is 10.3. The van der Waals surface area contributed by atoms with Crippen LogP contribution in [0.5, 0.6) is 5.88 Å². The predicted molar refractivity (Wildman–Crippen MR) is 85.5 cm³/mol. The normalized spacial score (nSPS) is 15.2. The molecule has 0 atom stereocenters. The molecule has 3 rings (SSSR count). The summed E-state index contributed by atoms with van der Waals surface area (Å²) >= 11 is 6.69. The second kappa shape index (κ2) is 4.96. The van der Waals surface area contributed by atoms with Crippen molar-refractivity contribution >= 4 is 47.1 Å². The Balaban J connectivity index is 2.10. The summed E-state index contributed by atoms with van der Waals surface area (Å²) in [6.45, 7) is 3.99. The molecule has 4 nitrogen and oxygen atoms in total. The molecular formula is C14H13N3OS2. The molecule has 6 heteroatoms. The molecule has 0 aliphatic carbocycles. The Labute approximate surface area is 125 Å². The van der Waals surface area contributed by atoms with Gasteiger partial charge in [0.2, 0.25) is 5.88 Å². The molecule has 0 saturated carbocycles. The van der Waals surface area contributed by atoms with Gasteiger partial charge in [-0.05, 0) is 44.3 Å². The van der Waals surface area contributed by atoms with Gasteiger partial charge in [-0.2, -0.15) is 0 Å². The van der Waals surface area contributed by atoms with Crippen LogP contribution in [0.3, 0.4) is 0 Å². The summed E-state index contributed by atoms with van der Waals surface area (Å²) < 4.78 is 2.41. The molecule has 0 unspecified atom stereocenters. The van der Waals surface area contributed by atoms with E-state index in [0.717, 1.165) is 21.8 Å². The van der Waals surface area contributed by atoms with Crippen LogP contribution < -0.4 is 0 Å². The minimum Gasteiger partial charge on any atom is -0.493 e. The number of aromatic hydroxyl groups is 1. The highest BCUT2D eigenvalue weighted by Crippen LogP contribution is 2.35. The highest BCUT2D eigenvalue weighted by atomic mass is 32.1. The highest BCUT2D eigenvalue weighted by Gasteiger charge is 2.17. The van der Waals surface area contributed by atoms with Crippen molar-refractivity contribution in [1.29, 1.82) is 0 Å². The van der Waals surface area contributed by atoms with E-state index in [-0.39, 0.29) is 11.9 Å². The number of hydrogen-bond acceptors (Lipinski definition) is 5. The van der Waals surface area contributed by atoms with E-state index in [1.54, 1.807) is 17.0 Å². The zero-order chi connectivity index (χ0) is 14.3. The lowest BCUT2D eigenvalue weighted by molar-refractivity contribution is 0.397. The number of aliphatic imine (C=N–C) groups is 1. The third kappa shape index (κ3) is 2.10. The van der Waals surface area contributed by atoms with Crippen molar-refractivity contribution < 1.29 is 5.11 Å². The Morgan fingerprint density at radius 2 is 2.25 bits per heavy atom. The first-order valence-electron chi connectivity index (χ1n) is 6.23. The molecule has 0 aromatic carbocycles. The quantitative estimate of drug-likeness (QED) is 0.845. The molecule has 0 radical (unpaired) electrons. The molecule has 3 heterocycles. The van der Waals surface area contributed by atoms with Gasteiger partial charge in [0.05, 0.1) is 16.3 Å². The minimum atomic E-state index is 0.133. The van der Waals surface area contributed by atoms with E-state index in [9.17, 15) is 5.11 Å². The molecule has 2 aromatic heterocycles. The fraction of sp³-hybridized carbons (Fsp3) is 0.214. The van der Waals surface area contributed by atoms with Crippen LogP contribution in [-0.4, -0.2) is 20.9 Å². The largest absolute Gasteiger partial charge is 0.493 e. The van der Waals surface area contributed by atoms with Gasteiger partial charge in [0.1, 0.15) is 0 Å². The van der Waals surface area contributed by atoms with E-state index >= 15 is 0 Å². The van der Waals surface area contributed by atoms with Crippen molar-refractivity contribution in [3.63, 3.8) is 0 Å². The van der Waals surface area contributed by atoms with Gasteiger partial charge in [0, 0.05) is 24.0 Å². The second-order valence-electron chi connectivity index (χ2n) is 4.75. The molecule has 0 fully saturated rings. The SMILES string of the molecule is CC(C)n1c(O)c(/C=C2\C=Nc3cccnc32)sc1=S. The Kier molecular flexibility index (Phi) is 3.27. The van der Waals surface area contributed by atoms with Gasteiger partial charge in [-0.1, -0.05) is 0 Å². The van der Waals surface area contributed by atoms with Gasteiger partial charge in [-0.25, -0.2) is 0 Å². The first-order valence-corrected chi connectivity index (χ1v) is 7.46. The van der Waals surface area contributed by atoms with Crippen LogP contribution in [0.15, 0.2) is 23.3 Å². The Bertz CT molecular complexity index is 784. The van der Waals surface area contributed by atoms with Gasteiger partial charge in [0.25, 0.3) is 0 Å². The Morgan fingerprint density at radius 3 is 2.95 bits per heavy atom. The summed E-state index contributed by atoms with van der Waals surface area (Å²) in [4.78, 5) is 9.37. The van der Waals surface area contributed by atoms with Crippen LogP contribution in [-0.2, 0) is 0 Å². The fourth-order valence-electron chi connectivity index (χ4n) is 2.11. The summed E-state index contributed by atoms with van der Waals surface area (Å²) in [6.07, 6.45) is 5.39. The molecule has 2 aromatic rings. The molecule has 20 heavy (non-hydrogen) atoms. The number of aromatic nitrogens is 2. The van der Waals surface area contributed by atoms with Gasteiger partial charge in [-0.15, -0.1) is 11.3 Å². The second-order valence-corrected chi connectivity index (χ2v) is 6.42. The zero-order valence-corrected chi connectivity index (χ0v) is 12.7. The third-order valence-corrected chi connectivity index (χ3v) is 4.39. The molecule has 0 bridgehead atoms. The van der Waals surface area contributed by atoms with Crippen molar-refractivity contribution in [2.45, 2.75) is 19.9 Å². The number of thiazole rings is 1. The number of pyridine rings is 1. The lowest BCUT2D eigenvalue weighted by Crippen LogP contribution is -1.99. The van der Waals surface area contributed by atoms with Crippen molar-refractivity contribution in [1.82, 2.24) is 9.55 Å². The molecule has 0 amide bonds. The van der Waals surface area contributed by atoms with Crippen LogP contribution in [0.4, 0.5) is 5.69 Å². The average Bonchev–Trinajstić information content (AvgIpc) is 2.93. The van der Waals surface area contributed by atoms with Gasteiger partial charge >= 0.3 is 0 Å². The van der Waals surface area contributed by atoms with E-state index < -0.39 is 0 Å². The molecule has 1 aliphatic rings. The van der Waals surface area contributed by atoms with Gasteiger partial charge in [-0.3, -0.25) is 14.5 Å². The molecule has 0 spiro atoms. The Hall–Kier alpha value is -1.79. The van der Waals surface area contributed by atoms with Crippen molar-refractivity contribution in [2.24, 2.45) is 4.99 Å². The Morgan fingerprint density at radius 1 is 1.45 bits per heavy atom. The van der Waals surface area contributed by atoms with Crippen LogP contribution in [0.1, 0.15) is 30.5 Å². The minimum absolute atomic E-state index is 0.133. The van der Waals surface area contributed by atoms with Crippen molar-refractivity contribution in [2.75, 3.05) is 0 Å².